The van der Waals surface area contributed by atoms with Crippen LogP contribution in [0.4, 0.5) is 4.79 Å². The number of ether oxygens (including phenoxy) is 3. The summed E-state index contributed by atoms with van der Waals surface area (Å²) in [5, 5.41) is 0. The summed E-state index contributed by atoms with van der Waals surface area (Å²) in [7, 11) is 1.63. The number of amides is 1. The van der Waals surface area contributed by atoms with E-state index in [1.807, 2.05) is 52.0 Å². The minimum absolute atomic E-state index is 0.0694. The Balaban J connectivity index is 1.95. The summed E-state index contributed by atoms with van der Waals surface area (Å²) in [5.41, 5.74) is -0.471. The molecule has 0 aromatic heterocycles. The molecule has 1 amide bonds. The van der Waals surface area contributed by atoms with Gasteiger partial charge in [-0.25, -0.2) is 4.79 Å². The van der Waals surface area contributed by atoms with Crippen molar-refractivity contribution >= 4 is 6.09 Å². The third kappa shape index (κ3) is 4.78. The van der Waals surface area contributed by atoms with Gasteiger partial charge >= 0.3 is 6.09 Å². The highest BCUT2D eigenvalue weighted by Gasteiger charge is 2.32. The lowest BCUT2D eigenvalue weighted by molar-refractivity contribution is -0.00130. The van der Waals surface area contributed by atoms with Gasteiger partial charge in [-0.3, -0.25) is 0 Å². The summed E-state index contributed by atoms with van der Waals surface area (Å²) in [4.78, 5) is 14.0. The Morgan fingerprint density at radius 3 is 2.43 bits per heavy atom. The second-order valence-corrected chi connectivity index (χ2v) is 6.94. The predicted molar refractivity (Wildman–Crippen MR) is 89.0 cm³/mol. The standard InChI is InChI=1S/C18H27NO4/c1-13-12-14(22-16-9-7-6-8-15(16)21-5)10-11-19(13)17(20)23-18(2,3)4/h6-9,13-14H,10-12H2,1-5H3. The van der Waals surface area contributed by atoms with E-state index in [1.165, 1.54) is 0 Å². The molecule has 0 bridgehead atoms. The summed E-state index contributed by atoms with van der Waals surface area (Å²) in [6.45, 7) is 8.31. The molecule has 1 aromatic rings. The van der Waals surface area contributed by atoms with E-state index in [2.05, 4.69) is 0 Å². The van der Waals surface area contributed by atoms with E-state index >= 15 is 0 Å². The molecule has 0 aliphatic carbocycles. The van der Waals surface area contributed by atoms with Gasteiger partial charge in [0, 0.05) is 25.4 Å². The van der Waals surface area contributed by atoms with Crippen molar-refractivity contribution in [1.82, 2.24) is 4.90 Å². The maximum atomic E-state index is 12.2. The van der Waals surface area contributed by atoms with E-state index in [-0.39, 0.29) is 18.2 Å². The first kappa shape index (κ1) is 17.4. The van der Waals surface area contributed by atoms with E-state index < -0.39 is 5.60 Å². The highest BCUT2D eigenvalue weighted by Crippen LogP contribution is 2.30. The molecule has 5 heteroatoms. The smallest absolute Gasteiger partial charge is 0.410 e. The molecule has 5 nitrogen and oxygen atoms in total. The zero-order valence-electron chi connectivity index (χ0n) is 14.7. The lowest BCUT2D eigenvalue weighted by Crippen LogP contribution is -2.49. The van der Waals surface area contributed by atoms with Crippen LogP contribution in [-0.4, -0.2) is 42.4 Å². The molecule has 1 fully saturated rings. The molecule has 1 aliphatic heterocycles. The topological polar surface area (TPSA) is 48.0 Å². The molecule has 0 radical (unpaired) electrons. The van der Waals surface area contributed by atoms with Crippen molar-refractivity contribution in [2.75, 3.05) is 13.7 Å². The fraction of sp³-hybridized carbons (Fsp3) is 0.611. The quantitative estimate of drug-likeness (QED) is 0.848. The van der Waals surface area contributed by atoms with Crippen LogP contribution < -0.4 is 9.47 Å². The Labute approximate surface area is 138 Å². The lowest BCUT2D eigenvalue weighted by Gasteiger charge is -2.38. The van der Waals surface area contributed by atoms with Crippen LogP contribution in [0.3, 0.4) is 0 Å². The Morgan fingerprint density at radius 1 is 1.22 bits per heavy atom. The summed E-state index contributed by atoms with van der Waals surface area (Å²) in [6, 6.07) is 7.72. The number of nitrogens with zero attached hydrogens (tertiary/aromatic N) is 1. The van der Waals surface area contributed by atoms with Crippen LogP contribution in [-0.2, 0) is 4.74 Å². The van der Waals surface area contributed by atoms with E-state index in [1.54, 1.807) is 12.0 Å². The molecule has 2 rings (SSSR count). The number of para-hydroxylation sites is 2. The van der Waals surface area contributed by atoms with Gasteiger partial charge in [-0.2, -0.15) is 0 Å². The number of carbonyl (C=O) groups excluding carboxylic acids is 1. The number of piperidine rings is 1. The first-order chi connectivity index (χ1) is 10.8. The van der Waals surface area contributed by atoms with Gasteiger partial charge < -0.3 is 19.1 Å². The zero-order chi connectivity index (χ0) is 17.0. The summed E-state index contributed by atoms with van der Waals surface area (Å²) >= 11 is 0. The van der Waals surface area contributed by atoms with Gasteiger partial charge in [0.1, 0.15) is 11.7 Å². The van der Waals surface area contributed by atoms with Crippen molar-refractivity contribution in [1.29, 1.82) is 0 Å². The average molecular weight is 321 g/mol. The van der Waals surface area contributed by atoms with Crippen molar-refractivity contribution < 1.29 is 19.0 Å². The van der Waals surface area contributed by atoms with Gasteiger partial charge in [0.05, 0.1) is 7.11 Å². The Hall–Kier alpha value is -1.91. The van der Waals surface area contributed by atoms with Crippen LogP contribution in [0.2, 0.25) is 0 Å². The van der Waals surface area contributed by atoms with Crippen molar-refractivity contribution in [2.24, 2.45) is 0 Å². The van der Waals surface area contributed by atoms with E-state index in [0.29, 0.717) is 6.54 Å². The number of hydrogen-bond donors (Lipinski definition) is 0. The number of rotatable bonds is 3. The third-order valence-corrected chi connectivity index (χ3v) is 3.82. The van der Waals surface area contributed by atoms with Gasteiger partial charge in [-0.1, -0.05) is 12.1 Å². The van der Waals surface area contributed by atoms with Gasteiger partial charge in [0.2, 0.25) is 0 Å². The summed E-state index contributed by atoms with van der Waals surface area (Å²) in [5.74, 6) is 1.48. The van der Waals surface area contributed by atoms with Gasteiger partial charge in [0.15, 0.2) is 11.5 Å². The molecule has 0 N–H and O–H groups in total. The summed E-state index contributed by atoms with van der Waals surface area (Å²) in [6.07, 6.45) is 1.37. The number of likely N-dealkylation sites (tertiary alicyclic amines) is 1. The molecule has 0 saturated carbocycles. The van der Waals surface area contributed by atoms with Crippen LogP contribution in [0, 0.1) is 0 Å². The second-order valence-electron chi connectivity index (χ2n) is 6.94. The van der Waals surface area contributed by atoms with Crippen molar-refractivity contribution in [3.05, 3.63) is 24.3 Å². The highest BCUT2D eigenvalue weighted by atomic mass is 16.6. The minimum Gasteiger partial charge on any atom is -0.493 e. The van der Waals surface area contributed by atoms with E-state index in [4.69, 9.17) is 14.2 Å². The molecule has 2 unspecified atom stereocenters. The largest absolute Gasteiger partial charge is 0.493 e. The molecule has 1 heterocycles. The molecule has 1 saturated heterocycles. The summed E-state index contributed by atoms with van der Waals surface area (Å²) < 4.78 is 16.9. The highest BCUT2D eigenvalue weighted by molar-refractivity contribution is 5.68. The van der Waals surface area contributed by atoms with Gasteiger partial charge in [-0.15, -0.1) is 0 Å². The lowest BCUT2D eigenvalue weighted by atomic mass is 10.0. The maximum absolute atomic E-state index is 12.2. The molecule has 1 aliphatic rings. The van der Waals surface area contributed by atoms with Crippen LogP contribution in [0.25, 0.3) is 0 Å². The average Bonchev–Trinajstić information content (AvgIpc) is 2.46. The fourth-order valence-corrected chi connectivity index (χ4v) is 2.72. The predicted octanol–water partition coefficient (Wildman–Crippen LogP) is 3.86. The van der Waals surface area contributed by atoms with E-state index in [0.717, 1.165) is 24.3 Å². The normalized spacial score (nSPS) is 21.7. The minimum atomic E-state index is -0.471. The second kappa shape index (κ2) is 7.11. The molecule has 0 spiro atoms. The third-order valence-electron chi connectivity index (χ3n) is 3.82. The molecular weight excluding hydrogens is 294 g/mol. The number of carbonyl (C=O) groups is 1. The van der Waals surface area contributed by atoms with Crippen LogP contribution in [0.15, 0.2) is 24.3 Å². The number of benzene rings is 1. The Bertz CT molecular complexity index is 538. The molecule has 128 valence electrons. The molecule has 2 atom stereocenters. The monoisotopic (exact) mass is 321 g/mol. The van der Waals surface area contributed by atoms with Crippen LogP contribution in [0.5, 0.6) is 11.5 Å². The van der Waals surface area contributed by atoms with Gasteiger partial charge in [-0.05, 0) is 39.8 Å². The van der Waals surface area contributed by atoms with Crippen molar-refractivity contribution in [3.8, 4) is 11.5 Å². The fourth-order valence-electron chi connectivity index (χ4n) is 2.72. The Morgan fingerprint density at radius 2 is 1.87 bits per heavy atom. The maximum Gasteiger partial charge on any atom is 0.410 e. The first-order valence-corrected chi connectivity index (χ1v) is 8.09. The molecule has 23 heavy (non-hydrogen) atoms. The van der Waals surface area contributed by atoms with E-state index in [9.17, 15) is 4.79 Å². The number of hydrogen-bond acceptors (Lipinski definition) is 4. The van der Waals surface area contributed by atoms with Crippen molar-refractivity contribution in [2.45, 2.75) is 58.3 Å². The Kier molecular flexibility index (Phi) is 5.39. The number of methoxy groups -OCH3 is 1. The van der Waals surface area contributed by atoms with Crippen LogP contribution in [0.1, 0.15) is 40.5 Å². The van der Waals surface area contributed by atoms with Crippen LogP contribution >= 0.6 is 0 Å². The molecule has 1 aromatic carbocycles. The molecular formula is C18H27NO4. The van der Waals surface area contributed by atoms with Crippen molar-refractivity contribution in [3.63, 3.8) is 0 Å². The SMILES string of the molecule is COc1ccccc1OC1CCN(C(=O)OC(C)(C)C)C(C)C1. The zero-order valence-corrected chi connectivity index (χ0v) is 14.7. The van der Waals surface area contributed by atoms with Gasteiger partial charge in [0.25, 0.3) is 0 Å². The first-order valence-electron chi connectivity index (χ1n) is 8.09.